The molecule has 1 heterocycles. The van der Waals surface area contributed by atoms with Gasteiger partial charge in [-0.25, -0.2) is 0 Å². The second-order valence-electron chi connectivity index (χ2n) is 5.87. The Morgan fingerprint density at radius 1 is 1.00 bits per heavy atom. The van der Waals surface area contributed by atoms with Gasteiger partial charge < -0.3 is 10.2 Å². The van der Waals surface area contributed by atoms with E-state index in [0.717, 1.165) is 31.4 Å². The van der Waals surface area contributed by atoms with Gasteiger partial charge in [-0.2, -0.15) is 0 Å². The molecule has 1 N–H and O–H groups in total. The predicted molar refractivity (Wildman–Crippen MR) is 82.1 cm³/mol. The van der Waals surface area contributed by atoms with Crippen LogP contribution in [0.4, 0.5) is 5.69 Å². The fraction of sp³-hybridized carbons (Fsp3) is 0.500. The number of carbonyl (C=O) groups excluding carboxylic acids is 2. The van der Waals surface area contributed by atoms with Crippen molar-refractivity contribution >= 4 is 29.1 Å². The molecular weight excluding hydrogens is 288 g/mol. The fourth-order valence-corrected chi connectivity index (χ4v) is 2.85. The Morgan fingerprint density at radius 2 is 1.62 bits per heavy atom. The normalized spacial score (nSPS) is 19.4. The molecule has 0 unspecified atom stereocenters. The van der Waals surface area contributed by atoms with Crippen LogP contribution in [0.15, 0.2) is 24.3 Å². The molecule has 1 aromatic rings. The number of rotatable bonds is 3. The molecular formula is C16H19ClN2O2. The zero-order chi connectivity index (χ0) is 14.8. The van der Waals surface area contributed by atoms with Crippen LogP contribution in [-0.4, -0.2) is 29.8 Å². The summed E-state index contributed by atoms with van der Waals surface area (Å²) in [6, 6.07) is 7.11. The summed E-state index contributed by atoms with van der Waals surface area (Å²) < 4.78 is 0. The Kier molecular flexibility index (Phi) is 4.15. The van der Waals surface area contributed by atoms with E-state index in [0.29, 0.717) is 18.1 Å². The SMILES string of the molecule is O=C(Nc1ccc(Cl)cc1)C1CCN(C(=O)C2CC2)CC1. The van der Waals surface area contributed by atoms with Crippen molar-refractivity contribution < 1.29 is 9.59 Å². The van der Waals surface area contributed by atoms with Crippen LogP contribution in [0.25, 0.3) is 0 Å². The van der Waals surface area contributed by atoms with Gasteiger partial charge in [-0.1, -0.05) is 11.6 Å². The zero-order valence-electron chi connectivity index (χ0n) is 11.8. The van der Waals surface area contributed by atoms with Crippen LogP contribution in [-0.2, 0) is 9.59 Å². The molecule has 1 aliphatic heterocycles. The smallest absolute Gasteiger partial charge is 0.227 e. The van der Waals surface area contributed by atoms with Crippen molar-refractivity contribution in [2.24, 2.45) is 11.8 Å². The van der Waals surface area contributed by atoms with Crippen LogP contribution in [0.1, 0.15) is 25.7 Å². The van der Waals surface area contributed by atoms with Gasteiger partial charge in [-0.15, -0.1) is 0 Å². The first-order chi connectivity index (χ1) is 10.1. The molecule has 0 bridgehead atoms. The third kappa shape index (κ3) is 3.56. The zero-order valence-corrected chi connectivity index (χ0v) is 12.6. The van der Waals surface area contributed by atoms with Gasteiger partial charge in [0.25, 0.3) is 0 Å². The Bertz CT molecular complexity index is 532. The van der Waals surface area contributed by atoms with Gasteiger partial charge in [0.15, 0.2) is 0 Å². The van der Waals surface area contributed by atoms with E-state index in [4.69, 9.17) is 11.6 Å². The summed E-state index contributed by atoms with van der Waals surface area (Å²) in [7, 11) is 0. The van der Waals surface area contributed by atoms with Crippen molar-refractivity contribution in [1.29, 1.82) is 0 Å². The van der Waals surface area contributed by atoms with Gasteiger partial charge in [-0.3, -0.25) is 9.59 Å². The van der Waals surface area contributed by atoms with E-state index >= 15 is 0 Å². The number of amides is 2. The Balaban J connectivity index is 1.50. The summed E-state index contributed by atoms with van der Waals surface area (Å²) in [6.45, 7) is 1.40. The summed E-state index contributed by atoms with van der Waals surface area (Å²) in [6.07, 6.45) is 3.57. The lowest BCUT2D eigenvalue weighted by Crippen LogP contribution is -2.42. The summed E-state index contributed by atoms with van der Waals surface area (Å²) in [5, 5.41) is 3.57. The Labute approximate surface area is 129 Å². The number of nitrogens with one attached hydrogen (secondary N) is 1. The molecule has 112 valence electrons. The molecule has 1 saturated carbocycles. The molecule has 1 saturated heterocycles. The van der Waals surface area contributed by atoms with Crippen LogP contribution in [0.3, 0.4) is 0 Å². The number of benzene rings is 1. The van der Waals surface area contributed by atoms with Gasteiger partial charge >= 0.3 is 0 Å². The molecule has 5 heteroatoms. The second-order valence-corrected chi connectivity index (χ2v) is 6.31. The lowest BCUT2D eigenvalue weighted by atomic mass is 9.95. The van der Waals surface area contributed by atoms with Crippen molar-refractivity contribution in [2.75, 3.05) is 18.4 Å². The number of piperidine rings is 1. The first-order valence-corrected chi connectivity index (χ1v) is 7.86. The Morgan fingerprint density at radius 3 is 2.19 bits per heavy atom. The molecule has 0 aromatic heterocycles. The summed E-state index contributed by atoms with van der Waals surface area (Å²) in [5.74, 6) is 0.579. The van der Waals surface area contributed by atoms with Crippen molar-refractivity contribution in [3.8, 4) is 0 Å². The van der Waals surface area contributed by atoms with Crippen molar-refractivity contribution in [3.05, 3.63) is 29.3 Å². The van der Waals surface area contributed by atoms with E-state index in [2.05, 4.69) is 5.32 Å². The third-order valence-electron chi connectivity index (χ3n) is 4.22. The summed E-state index contributed by atoms with van der Waals surface area (Å²) in [5.41, 5.74) is 0.765. The standard InChI is InChI=1S/C16H19ClN2O2/c17-13-3-5-14(6-4-13)18-15(20)11-7-9-19(10-8-11)16(21)12-1-2-12/h3-6,11-12H,1-2,7-10H2,(H,18,20). The summed E-state index contributed by atoms with van der Waals surface area (Å²) in [4.78, 5) is 26.1. The van der Waals surface area contributed by atoms with E-state index in [1.807, 2.05) is 4.90 Å². The molecule has 1 aromatic carbocycles. The lowest BCUT2D eigenvalue weighted by molar-refractivity contribution is -0.135. The highest BCUT2D eigenvalue weighted by Gasteiger charge is 2.35. The Hall–Kier alpha value is -1.55. The highest BCUT2D eigenvalue weighted by molar-refractivity contribution is 6.30. The predicted octanol–water partition coefficient (Wildman–Crippen LogP) is 2.93. The van der Waals surface area contributed by atoms with Crippen molar-refractivity contribution in [3.63, 3.8) is 0 Å². The number of likely N-dealkylation sites (tertiary alicyclic amines) is 1. The van der Waals surface area contributed by atoms with Crippen LogP contribution >= 0.6 is 11.6 Å². The minimum atomic E-state index is -0.0102. The van der Waals surface area contributed by atoms with E-state index < -0.39 is 0 Å². The van der Waals surface area contributed by atoms with Crippen LogP contribution in [0.2, 0.25) is 5.02 Å². The molecule has 4 nitrogen and oxygen atoms in total. The highest BCUT2D eigenvalue weighted by Crippen LogP contribution is 2.32. The maximum Gasteiger partial charge on any atom is 0.227 e. The first-order valence-electron chi connectivity index (χ1n) is 7.49. The summed E-state index contributed by atoms with van der Waals surface area (Å²) >= 11 is 5.82. The second kappa shape index (κ2) is 6.06. The lowest BCUT2D eigenvalue weighted by Gasteiger charge is -2.31. The monoisotopic (exact) mass is 306 g/mol. The van der Waals surface area contributed by atoms with Gasteiger partial charge in [0.1, 0.15) is 0 Å². The number of hydrogen-bond donors (Lipinski definition) is 1. The van der Waals surface area contributed by atoms with Crippen LogP contribution < -0.4 is 5.32 Å². The fourth-order valence-electron chi connectivity index (χ4n) is 2.73. The molecule has 2 fully saturated rings. The number of nitrogens with zero attached hydrogens (tertiary/aromatic N) is 1. The molecule has 0 spiro atoms. The van der Waals surface area contributed by atoms with Crippen molar-refractivity contribution in [2.45, 2.75) is 25.7 Å². The molecule has 21 heavy (non-hydrogen) atoms. The third-order valence-corrected chi connectivity index (χ3v) is 4.47. The number of halogens is 1. The van der Waals surface area contributed by atoms with Gasteiger partial charge in [0, 0.05) is 35.6 Å². The average molecular weight is 307 g/mol. The molecule has 0 radical (unpaired) electrons. The molecule has 2 aliphatic rings. The number of carbonyl (C=O) groups is 2. The quantitative estimate of drug-likeness (QED) is 0.933. The first kappa shape index (κ1) is 14.4. The minimum absolute atomic E-state index is 0.0102. The number of anilines is 1. The van der Waals surface area contributed by atoms with Crippen molar-refractivity contribution in [1.82, 2.24) is 4.90 Å². The van der Waals surface area contributed by atoms with Crippen LogP contribution in [0, 0.1) is 11.8 Å². The molecule has 3 rings (SSSR count). The molecule has 2 amide bonds. The maximum atomic E-state index is 12.2. The minimum Gasteiger partial charge on any atom is -0.342 e. The molecule has 1 aliphatic carbocycles. The van der Waals surface area contributed by atoms with E-state index in [1.54, 1.807) is 24.3 Å². The average Bonchev–Trinajstić information content (AvgIpc) is 3.34. The van der Waals surface area contributed by atoms with Crippen LogP contribution in [0.5, 0.6) is 0 Å². The highest BCUT2D eigenvalue weighted by atomic mass is 35.5. The number of hydrogen-bond acceptors (Lipinski definition) is 2. The molecule has 0 atom stereocenters. The van der Waals surface area contributed by atoms with E-state index in [1.165, 1.54) is 0 Å². The van der Waals surface area contributed by atoms with Gasteiger partial charge in [-0.05, 0) is 49.9 Å². The van der Waals surface area contributed by atoms with E-state index in [-0.39, 0.29) is 23.7 Å². The topological polar surface area (TPSA) is 49.4 Å². The largest absolute Gasteiger partial charge is 0.342 e. The van der Waals surface area contributed by atoms with E-state index in [9.17, 15) is 9.59 Å². The van der Waals surface area contributed by atoms with Gasteiger partial charge in [0.05, 0.1) is 0 Å². The van der Waals surface area contributed by atoms with Gasteiger partial charge in [0.2, 0.25) is 11.8 Å². The maximum absolute atomic E-state index is 12.2.